The summed E-state index contributed by atoms with van der Waals surface area (Å²) >= 11 is 0. The molecule has 0 spiro atoms. The van der Waals surface area contributed by atoms with Crippen molar-refractivity contribution in [2.75, 3.05) is 41.4 Å². The lowest BCUT2D eigenvalue weighted by molar-refractivity contribution is -0.122. The van der Waals surface area contributed by atoms with Crippen molar-refractivity contribution in [2.24, 2.45) is 5.92 Å². The van der Waals surface area contributed by atoms with Crippen molar-refractivity contribution in [3.05, 3.63) is 54.1 Å². The summed E-state index contributed by atoms with van der Waals surface area (Å²) in [5.41, 5.74) is 3.01. The van der Waals surface area contributed by atoms with Gasteiger partial charge in [0.25, 0.3) is 0 Å². The first-order valence-electron chi connectivity index (χ1n) is 10.8. The van der Waals surface area contributed by atoms with Crippen molar-refractivity contribution in [1.82, 2.24) is 0 Å². The molecular formula is C24H27N3O4. The highest BCUT2D eigenvalue weighted by molar-refractivity contribution is 6.03. The maximum absolute atomic E-state index is 12.7. The van der Waals surface area contributed by atoms with Crippen LogP contribution in [-0.4, -0.2) is 44.0 Å². The molecule has 1 unspecified atom stereocenters. The van der Waals surface area contributed by atoms with Crippen molar-refractivity contribution in [3.8, 4) is 0 Å². The van der Waals surface area contributed by atoms with Gasteiger partial charge in [-0.1, -0.05) is 0 Å². The molecule has 7 heteroatoms. The van der Waals surface area contributed by atoms with E-state index in [-0.39, 0.29) is 18.2 Å². The maximum Gasteiger partial charge on any atom is 0.338 e. The monoisotopic (exact) mass is 421 g/mol. The number of carbonyl (C=O) groups is 3. The molecule has 2 heterocycles. The van der Waals surface area contributed by atoms with Gasteiger partial charge >= 0.3 is 5.97 Å². The number of nitrogens with one attached hydrogen (secondary N) is 1. The highest BCUT2D eigenvalue weighted by Gasteiger charge is 2.35. The predicted molar refractivity (Wildman–Crippen MR) is 119 cm³/mol. The fourth-order valence-electron chi connectivity index (χ4n) is 4.10. The molecule has 2 fully saturated rings. The summed E-state index contributed by atoms with van der Waals surface area (Å²) in [5.74, 6) is -1.07. The lowest BCUT2D eigenvalue weighted by atomic mass is 10.1. The summed E-state index contributed by atoms with van der Waals surface area (Å²) in [7, 11) is 0. The van der Waals surface area contributed by atoms with E-state index in [1.807, 2.05) is 24.3 Å². The molecule has 2 aromatic carbocycles. The van der Waals surface area contributed by atoms with Crippen LogP contribution in [0.2, 0.25) is 0 Å². The Labute approximate surface area is 182 Å². The molecule has 0 aliphatic carbocycles. The molecule has 2 aromatic rings. The molecule has 2 aliphatic heterocycles. The second-order valence-electron chi connectivity index (χ2n) is 7.90. The Bertz CT molecular complexity index is 950. The van der Waals surface area contributed by atoms with Crippen molar-refractivity contribution >= 4 is 34.8 Å². The molecule has 162 valence electrons. The fourth-order valence-corrected chi connectivity index (χ4v) is 4.10. The lowest BCUT2D eigenvalue weighted by Gasteiger charge is -2.20. The number of carbonyl (C=O) groups excluding carboxylic acids is 3. The van der Waals surface area contributed by atoms with Gasteiger partial charge in [-0.25, -0.2) is 4.79 Å². The number of hydrogen-bond donors (Lipinski definition) is 1. The third-order valence-electron chi connectivity index (χ3n) is 5.79. The van der Waals surface area contributed by atoms with Gasteiger partial charge in [-0.3, -0.25) is 9.59 Å². The van der Waals surface area contributed by atoms with Gasteiger partial charge in [-0.05, 0) is 68.3 Å². The van der Waals surface area contributed by atoms with Crippen LogP contribution >= 0.6 is 0 Å². The van der Waals surface area contributed by atoms with Gasteiger partial charge in [0, 0.05) is 43.1 Å². The van der Waals surface area contributed by atoms with E-state index in [9.17, 15) is 14.4 Å². The standard InChI is InChI=1S/C24H27N3O4/c1-2-31-24(30)17-5-7-19(8-6-17)25-23(29)18-15-22(28)27(16-18)21-11-9-20(10-12-21)26-13-3-4-14-26/h5-12,18H,2-4,13-16H2,1H3,(H,25,29). The molecule has 2 amide bonds. The average Bonchev–Trinajstić information content (AvgIpc) is 3.45. The van der Waals surface area contributed by atoms with Crippen LogP contribution < -0.4 is 15.1 Å². The van der Waals surface area contributed by atoms with Gasteiger partial charge < -0.3 is 19.9 Å². The summed E-state index contributed by atoms with van der Waals surface area (Å²) in [6.07, 6.45) is 2.62. The summed E-state index contributed by atoms with van der Waals surface area (Å²) in [5, 5.41) is 2.84. The molecule has 1 atom stereocenters. The van der Waals surface area contributed by atoms with E-state index in [0.29, 0.717) is 24.4 Å². The van der Waals surface area contributed by atoms with Crippen LogP contribution in [-0.2, 0) is 14.3 Å². The number of rotatable bonds is 6. The molecule has 0 radical (unpaired) electrons. The van der Waals surface area contributed by atoms with Crippen molar-refractivity contribution in [3.63, 3.8) is 0 Å². The van der Waals surface area contributed by atoms with Crippen LogP contribution in [0.15, 0.2) is 48.5 Å². The number of hydrogen-bond acceptors (Lipinski definition) is 5. The van der Waals surface area contributed by atoms with Crippen LogP contribution in [0.25, 0.3) is 0 Å². The zero-order chi connectivity index (χ0) is 21.8. The molecule has 4 rings (SSSR count). The third kappa shape index (κ3) is 4.71. The molecule has 0 bridgehead atoms. The summed E-state index contributed by atoms with van der Waals surface area (Å²) in [6, 6.07) is 14.6. The van der Waals surface area contributed by atoms with Gasteiger partial charge in [0.1, 0.15) is 0 Å². The minimum Gasteiger partial charge on any atom is -0.462 e. The van der Waals surface area contributed by atoms with Crippen LogP contribution in [0.3, 0.4) is 0 Å². The molecule has 2 saturated heterocycles. The number of anilines is 3. The number of benzene rings is 2. The molecule has 0 saturated carbocycles. The van der Waals surface area contributed by atoms with Gasteiger partial charge in [-0.15, -0.1) is 0 Å². The summed E-state index contributed by atoms with van der Waals surface area (Å²) < 4.78 is 4.96. The first-order chi connectivity index (χ1) is 15.0. The van der Waals surface area contributed by atoms with E-state index >= 15 is 0 Å². The summed E-state index contributed by atoms with van der Waals surface area (Å²) in [4.78, 5) is 41.0. The summed E-state index contributed by atoms with van der Waals surface area (Å²) in [6.45, 7) is 4.57. The molecule has 0 aromatic heterocycles. The van der Waals surface area contributed by atoms with Crippen LogP contribution in [0, 0.1) is 5.92 Å². The van der Waals surface area contributed by atoms with E-state index in [1.165, 1.54) is 18.5 Å². The third-order valence-corrected chi connectivity index (χ3v) is 5.79. The first-order valence-corrected chi connectivity index (χ1v) is 10.8. The van der Waals surface area contributed by atoms with Crippen molar-refractivity contribution in [2.45, 2.75) is 26.2 Å². The highest BCUT2D eigenvalue weighted by Crippen LogP contribution is 2.29. The van der Waals surface area contributed by atoms with E-state index < -0.39 is 11.9 Å². The van der Waals surface area contributed by atoms with Crippen molar-refractivity contribution < 1.29 is 19.1 Å². The van der Waals surface area contributed by atoms with E-state index in [2.05, 4.69) is 10.2 Å². The minimum atomic E-state index is -0.421. The first kappa shape index (κ1) is 20.9. The van der Waals surface area contributed by atoms with Gasteiger partial charge in [0.15, 0.2) is 0 Å². The second-order valence-corrected chi connectivity index (χ2v) is 7.90. The number of ether oxygens (including phenoxy) is 1. The van der Waals surface area contributed by atoms with Crippen LogP contribution in [0.5, 0.6) is 0 Å². The van der Waals surface area contributed by atoms with E-state index in [1.54, 1.807) is 36.1 Å². The predicted octanol–water partition coefficient (Wildman–Crippen LogP) is 3.46. The number of esters is 1. The van der Waals surface area contributed by atoms with Gasteiger partial charge in [0.2, 0.25) is 11.8 Å². The van der Waals surface area contributed by atoms with E-state index in [0.717, 1.165) is 18.8 Å². The number of nitrogens with zero attached hydrogens (tertiary/aromatic N) is 2. The molecule has 31 heavy (non-hydrogen) atoms. The molecule has 7 nitrogen and oxygen atoms in total. The van der Waals surface area contributed by atoms with Gasteiger partial charge in [0.05, 0.1) is 18.1 Å². The van der Waals surface area contributed by atoms with Crippen LogP contribution in [0.4, 0.5) is 17.1 Å². The Morgan fingerprint density at radius 3 is 2.29 bits per heavy atom. The van der Waals surface area contributed by atoms with Gasteiger partial charge in [-0.2, -0.15) is 0 Å². The van der Waals surface area contributed by atoms with Crippen molar-refractivity contribution in [1.29, 1.82) is 0 Å². The smallest absolute Gasteiger partial charge is 0.338 e. The Balaban J connectivity index is 1.36. The zero-order valence-electron chi connectivity index (χ0n) is 17.7. The Morgan fingerprint density at radius 2 is 1.65 bits per heavy atom. The topological polar surface area (TPSA) is 78.9 Å². The zero-order valence-corrected chi connectivity index (χ0v) is 17.7. The Morgan fingerprint density at radius 1 is 1.00 bits per heavy atom. The molecule has 1 N–H and O–H groups in total. The quantitative estimate of drug-likeness (QED) is 0.723. The number of amides is 2. The van der Waals surface area contributed by atoms with Crippen LogP contribution in [0.1, 0.15) is 36.5 Å². The largest absolute Gasteiger partial charge is 0.462 e. The lowest BCUT2D eigenvalue weighted by Crippen LogP contribution is -2.28. The Hall–Kier alpha value is -3.35. The normalized spacial score (nSPS) is 18.4. The SMILES string of the molecule is CCOC(=O)c1ccc(NC(=O)C2CC(=O)N(c3ccc(N4CCCC4)cc3)C2)cc1. The fraction of sp³-hybridized carbons (Fsp3) is 0.375. The molecule has 2 aliphatic rings. The Kier molecular flexibility index (Phi) is 6.21. The van der Waals surface area contributed by atoms with E-state index in [4.69, 9.17) is 4.74 Å². The average molecular weight is 421 g/mol. The minimum absolute atomic E-state index is 0.0493. The molecular weight excluding hydrogens is 394 g/mol. The highest BCUT2D eigenvalue weighted by atomic mass is 16.5. The maximum atomic E-state index is 12.7. The second kappa shape index (κ2) is 9.20.